The SMILES string of the molecule is CCOC(=O)c1c(N)cccc1C(C)SC. The third-order valence-electron chi connectivity index (χ3n) is 2.40. The highest BCUT2D eigenvalue weighted by molar-refractivity contribution is 7.98. The van der Waals surface area contributed by atoms with Crippen molar-refractivity contribution >= 4 is 23.4 Å². The number of carbonyl (C=O) groups excluding carboxylic acids is 1. The van der Waals surface area contributed by atoms with Gasteiger partial charge >= 0.3 is 5.97 Å². The van der Waals surface area contributed by atoms with Crippen molar-refractivity contribution in [1.82, 2.24) is 0 Å². The van der Waals surface area contributed by atoms with Gasteiger partial charge in [0.05, 0.1) is 12.2 Å². The molecule has 0 fully saturated rings. The molecule has 0 saturated heterocycles. The average molecular weight is 239 g/mol. The van der Waals surface area contributed by atoms with Crippen LogP contribution in [0, 0.1) is 0 Å². The Labute approximate surface area is 100 Å². The van der Waals surface area contributed by atoms with Crippen molar-refractivity contribution in [2.75, 3.05) is 18.6 Å². The van der Waals surface area contributed by atoms with Gasteiger partial charge in [0.2, 0.25) is 0 Å². The summed E-state index contributed by atoms with van der Waals surface area (Å²) in [6, 6.07) is 5.51. The van der Waals surface area contributed by atoms with Gasteiger partial charge in [0.25, 0.3) is 0 Å². The summed E-state index contributed by atoms with van der Waals surface area (Å²) in [5.74, 6) is -0.337. The minimum absolute atomic E-state index is 0.225. The first-order chi connectivity index (χ1) is 7.61. The molecule has 0 heterocycles. The fourth-order valence-corrected chi connectivity index (χ4v) is 1.94. The minimum Gasteiger partial charge on any atom is -0.462 e. The molecule has 0 amide bonds. The second-order valence-electron chi connectivity index (χ2n) is 3.41. The van der Waals surface area contributed by atoms with E-state index >= 15 is 0 Å². The van der Waals surface area contributed by atoms with Crippen molar-refractivity contribution in [3.63, 3.8) is 0 Å². The maximum atomic E-state index is 11.8. The van der Waals surface area contributed by atoms with Gasteiger partial charge in [-0.2, -0.15) is 11.8 Å². The summed E-state index contributed by atoms with van der Waals surface area (Å²) in [4.78, 5) is 11.8. The largest absolute Gasteiger partial charge is 0.462 e. The summed E-state index contributed by atoms with van der Waals surface area (Å²) in [6.45, 7) is 4.19. The topological polar surface area (TPSA) is 52.3 Å². The molecule has 16 heavy (non-hydrogen) atoms. The van der Waals surface area contributed by atoms with Crippen molar-refractivity contribution in [1.29, 1.82) is 0 Å². The number of rotatable bonds is 4. The lowest BCUT2D eigenvalue weighted by Crippen LogP contribution is -2.12. The van der Waals surface area contributed by atoms with Crippen molar-refractivity contribution in [2.45, 2.75) is 19.1 Å². The Bertz CT molecular complexity index is 379. The Balaban J connectivity index is 3.18. The standard InChI is InChI=1S/C12H17NO2S/c1-4-15-12(14)11-9(8(2)16-3)6-5-7-10(11)13/h5-8H,4,13H2,1-3H3. The molecule has 0 spiro atoms. The monoisotopic (exact) mass is 239 g/mol. The zero-order chi connectivity index (χ0) is 12.1. The summed E-state index contributed by atoms with van der Waals surface area (Å²) in [6.07, 6.45) is 2.00. The van der Waals surface area contributed by atoms with Crippen LogP contribution in [0.25, 0.3) is 0 Å². The normalized spacial score (nSPS) is 12.2. The van der Waals surface area contributed by atoms with E-state index in [1.165, 1.54) is 0 Å². The number of nitrogen functional groups attached to an aromatic ring is 1. The van der Waals surface area contributed by atoms with E-state index in [4.69, 9.17) is 10.5 Å². The Hall–Kier alpha value is -1.16. The zero-order valence-electron chi connectivity index (χ0n) is 9.82. The molecule has 1 aromatic carbocycles. The van der Waals surface area contributed by atoms with Gasteiger partial charge < -0.3 is 10.5 Å². The molecule has 1 atom stereocenters. The van der Waals surface area contributed by atoms with Crippen LogP contribution in [0.1, 0.15) is 35.0 Å². The fraction of sp³-hybridized carbons (Fsp3) is 0.417. The second kappa shape index (κ2) is 5.80. The molecule has 1 rings (SSSR count). The van der Waals surface area contributed by atoms with Crippen LogP contribution in [-0.4, -0.2) is 18.8 Å². The van der Waals surface area contributed by atoms with Crippen molar-refractivity contribution in [2.24, 2.45) is 0 Å². The maximum Gasteiger partial charge on any atom is 0.340 e. The second-order valence-corrected chi connectivity index (χ2v) is 4.59. The van der Waals surface area contributed by atoms with Gasteiger partial charge in [0, 0.05) is 10.9 Å². The molecule has 0 aliphatic carbocycles. The number of thioether (sulfide) groups is 1. The number of carbonyl (C=O) groups is 1. The summed E-state index contributed by atoms with van der Waals surface area (Å²) in [5.41, 5.74) is 7.76. The smallest absolute Gasteiger partial charge is 0.340 e. The zero-order valence-corrected chi connectivity index (χ0v) is 10.6. The van der Waals surface area contributed by atoms with Crippen LogP contribution in [0.3, 0.4) is 0 Å². The molecule has 3 nitrogen and oxygen atoms in total. The number of anilines is 1. The maximum absolute atomic E-state index is 11.8. The number of esters is 1. The van der Waals surface area contributed by atoms with Gasteiger partial charge in [-0.25, -0.2) is 4.79 Å². The molecule has 2 N–H and O–H groups in total. The van der Waals surface area contributed by atoms with E-state index < -0.39 is 0 Å². The molecule has 1 aromatic rings. The van der Waals surface area contributed by atoms with Gasteiger partial charge in [-0.15, -0.1) is 0 Å². The lowest BCUT2D eigenvalue weighted by atomic mass is 10.0. The first-order valence-corrected chi connectivity index (χ1v) is 6.48. The predicted molar refractivity (Wildman–Crippen MR) is 68.7 cm³/mol. The van der Waals surface area contributed by atoms with Gasteiger partial charge in [0.15, 0.2) is 0 Å². The van der Waals surface area contributed by atoms with E-state index in [0.717, 1.165) is 5.56 Å². The number of nitrogens with two attached hydrogens (primary N) is 1. The van der Waals surface area contributed by atoms with E-state index in [2.05, 4.69) is 0 Å². The van der Waals surface area contributed by atoms with Crippen LogP contribution in [0.2, 0.25) is 0 Å². The summed E-state index contributed by atoms with van der Waals surface area (Å²) >= 11 is 1.67. The van der Waals surface area contributed by atoms with Crippen LogP contribution in [0.5, 0.6) is 0 Å². The van der Waals surface area contributed by atoms with Gasteiger partial charge in [0.1, 0.15) is 0 Å². The van der Waals surface area contributed by atoms with Gasteiger partial charge in [-0.05, 0) is 31.7 Å². The Morgan fingerprint density at radius 1 is 1.56 bits per heavy atom. The third kappa shape index (κ3) is 2.70. The van der Waals surface area contributed by atoms with Gasteiger partial charge in [-0.3, -0.25) is 0 Å². The third-order valence-corrected chi connectivity index (χ3v) is 3.36. The first kappa shape index (κ1) is 12.9. The predicted octanol–water partition coefficient (Wildman–Crippen LogP) is 2.87. The summed E-state index contributed by atoms with van der Waals surface area (Å²) in [7, 11) is 0. The highest BCUT2D eigenvalue weighted by Gasteiger charge is 2.19. The highest BCUT2D eigenvalue weighted by Crippen LogP contribution is 2.31. The average Bonchev–Trinajstić information content (AvgIpc) is 2.27. The molecular weight excluding hydrogens is 222 g/mol. The quantitative estimate of drug-likeness (QED) is 0.648. The minimum atomic E-state index is -0.337. The molecule has 0 aliphatic rings. The molecular formula is C12H17NO2S. The molecule has 0 radical (unpaired) electrons. The Morgan fingerprint density at radius 2 is 2.25 bits per heavy atom. The van der Waals surface area contributed by atoms with Crippen molar-refractivity contribution < 1.29 is 9.53 Å². The fourth-order valence-electron chi connectivity index (χ4n) is 1.49. The molecule has 0 aliphatic heterocycles. The number of hydrogen-bond acceptors (Lipinski definition) is 4. The Kier molecular flexibility index (Phi) is 4.68. The lowest BCUT2D eigenvalue weighted by Gasteiger charge is -2.15. The molecule has 88 valence electrons. The van der Waals surface area contributed by atoms with Gasteiger partial charge in [-0.1, -0.05) is 12.1 Å². The van der Waals surface area contributed by atoms with Crippen LogP contribution < -0.4 is 5.73 Å². The van der Waals surface area contributed by atoms with E-state index in [1.54, 1.807) is 24.8 Å². The van der Waals surface area contributed by atoms with Crippen LogP contribution >= 0.6 is 11.8 Å². The molecule has 0 bridgehead atoms. The molecule has 4 heteroatoms. The van der Waals surface area contributed by atoms with E-state index in [9.17, 15) is 4.79 Å². The van der Waals surface area contributed by atoms with E-state index in [-0.39, 0.29) is 11.2 Å². The highest BCUT2D eigenvalue weighted by atomic mass is 32.2. The van der Waals surface area contributed by atoms with Crippen LogP contribution in [0.4, 0.5) is 5.69 Å². The Morgan fingerprint density at radius 3 is 2.81 bits per heavy atom. The summed E-state index contributed by atoms with van der Waals surface area (Å²) < 4.78 is 5.02. The van der Waals surface area contributed by atoms with E-state index in [0.29, 0.717) is 17.9 Å². The molecule has 1 unspecified atom stereocenters. The molecule has 0 saturated carbocycles. The number of ether oxygens (including phenoxy) is 1. The molecule has 0 aromatic heterocycles. The van der Waals surface area contributed by atoms with Crippen LogP contribution in [-0.2, 0) is 4.74 Å². The van der Waals surface area contributed by atoms with Crippen molar-refractivity contribution in [3.8, 4) is 0 Å². The van der Waals surface area contributed by atoms with Crippen molar-refractivity contribution in [3.05, 3.63) is 29.3 Å². The number of hydrogen-bond donors (Lipinski definition) is 1. The summed E-state index contributed by atoms with van der Waals surface area (Å²) in [5, 5.41) is 0.225. The lowest BCUT2D eigenvalue weighted by molar-refractivity contribution is 0.0526. The van der Waals surface area contributed by atoms with E-state index in [1.807, 2.05) is 25.3 Å². The number of benzene rings is 1. The van der Waals surface area contributed by atoms with Crippen LogP contribution in [0.15, 0.2) is 18.2 Å². The first-order valence-electron chi connectivity index (χ1n) is 5.20.